The minimum Gasteiger partial charge on any atom is -0.465 e. The van der Waals surface area contributed by atoms with Crippen LogP contribution in [-0.2, 0) is 0 Å². The van der Waals surface area contributed by atoms with Gasteiger partial charge in [-0.2, -0.15) is 4.98 Å². The van der Waals surface area contributed by atoms with Gasteiger partial charge in [-0.05, 0) is 50.3 Å². The van der Waals surface area contributed by atoms with Gasteiger partial charge in [0.25, 0.3) is 5.89 Å². The molecule has 1 aromatic carbocycles. The molecule has 27 heavy (non-hydrogen) atoms. The Hall–Kier alpha value is -3.68. The second-order valence-electron chi connectivity index (χ2n) is 6.26. The molecule has 0 aliphatic carbocycles. The molecule has 0 saturated carbocycles. The molecular formula is C19H16N4O4. The molecule has 0 atom stereocenters. The van der Waals surface area contributed by atoms with E-state index in [-0.39, 0.29) is 6.04 Å². The first-order valence-electron chi connectivity index (χ1n) is 8.37. The van der Waals surface area contributed by atoms with Crippen LogP contribution >= 0.6 is 0 Å². The highest BCUT2D eigenvalue weighted by atomic mass is 16.5. The summed E-state index contributed by atoms with van der Waals surface area (Å²) in [5.74, 6) is 1.37. The lowest BCUT2D eigenvalue weighted by molar-refractivity contribution is 0.411. The fourth-order valence-corrected chi connectivity index (χ4v) is 2.85. The molecule has 0 spiro atoms. The summed E-state index contributed by atoms with van der Waals surface area (Å²) in [7, 11) is 0. The van der Waals surface area contributed by atoms with E-state index in [0.29, 0.717) is 34.1 Å². The summed E-state index contributed by atoms with van der Waals surface area (Å²) in [5.41, 5.74) is 0.593. The molecule has 0 unspecified atom stereocenters. The number of hydrogen-bond acceptors (Lipinski definition) is 6. The number of benzene rings is 1. The molecule has 0 saturated heterocycles. The van der Waals surface area contributed by atoms with Gasteiger partial charge in [0.05, 0.1) is 17.3 Å². The molecule has 3 heterocycles. The average Bonchev–Trinajstić information content (AvgIpc) is 3.32. The molecule has 1 N–H and O–H groups in total. The number of fused-ring (bicyclic) bond motifs is 1. The smallest absolute Gasteiger partial charge is 0.316 e. The summed E-state index contributed by atoms with van der Waals surface area (Å²) in [6.45, 7) is 3.70. The first-order chi connectivity index (χ1) is 13.0. The Kier molecular flexibility index (Phi) is 4.08. The van der Waals surface area contributed by atoms with Gasteiger partial charge in [0.15, 0.2) is 0 Å². The Bertz CT molecular complexity index is 1240. The highest BCUT2D eigenvalue weighted by Gasteiger charge is 2.13. The minimum absolute atomic E-state index is 0.142. The first-order valence-corrected chi connectivity index (χ1v) is 8.37. The maximum Gasteiger partial charge on any atom is 0.316 e. The monoisotopic (exact) mass is 364 g/mol. The van der Waals surface area contributed by atoms with Gasteiger partial charge in [-0.1, -0.05) is 5.16 Å². The van der Waals surface area contributed by atoms with Gasteiger partial charge in [0, 0.05) is 17.7 Å². The number of H-pyrrole nitrogens is 1. The van der Waals surface area contributed by atoms with E-state index in [2.05, 4.69) is 15.1 Å². The molecule has 0 aliphatic heterocycles. The lowest BCUT2D eigenvalue weighted by Gasteiger charge is -2.13. The number of aromatic amines is 1. The second kappa shape index (κ2) is 6.56. The molecule has 3 aromatic heterocycles. The maximum atomic E-state index is 12.1. The molecule has 4 aromatic rings. The van der Waals surface area contributed by atoms with Gasteiger partial charge >= 0.3 is 11.1 Å². The van der Waals surface area contributed by atoms with E-state index in [1.165, 1.54) is 4.57 Å². The van der Waals surface area contributed by atoms with Crippen LogP contribution in [0.3, 0.4) is 0 Å². The van der Waals surface area contributed by atoms with Crippen molar-refractivity contribution >= 4 is 23.2 Å². The Morgan fingerprint density at radius 2 is 2.04 bits per heavy atom. The summed E-state index contributed by atoms with van der Waals surface area (Å²) >= 11 is 0. The second-order valence-corrected chi connectivity index (χ2v) is 6.26. The summed E-state index contributed by atoms with van der Waals surface area (Å²) in [4.78, 5) is 31.0. The number of nitrogens with one attached hydrogen (secondary N) is 1. The number of hydrogen-bond donors (Lipinski definition) is 1. The number of rotatable bonds is 4. The summed E-state index contributed by atoms with van der Waals surface area (Å²) in [6, 6.07) is 8.71. The summed E-state index contributed by atoms with van der Waals surface area (Å²) < 4.78 is 11.9. The standard InChI is InChI=1S/C19H16N4O4/c1-11(2)23-15-7-5-12(10-14(15)20-18(24)19(23)25)17-21-16(27-22-17)8-6-13-4-3-9-26-13/h3-11H,1-2H3,(H,20,24). The fraction of sp³-hybridized carbons (Fsp3) is 0.158. The van der Waals surface area contributed by atoms with Crippen LogP contribution in [0.1, 0.15) is 31.5 Å². The van der Waals surface area contributed by atoms with Crippen molar-refractivity contribution in [3.8, 4) is 11.4 Å². The van der Waals surface area contributed by atoms with Crippen LogP contribution in [0.25, 0.3) is 34.6 Å². The van der Waals surface area contributed by atoms with Crippen molar-refractivity contribution in [3.05, 3.63) is 69.0 Å². The zero-order valence-electron chi connectivity index (χ0n) is 14.7. The Balaban J connectivity index is 1.74. The third-order valence-electron chi connectivity index (χ3n) is 4.07. The zero-order chi connectivity index (χ0) is 19.0. The molecule has 0 bridgehead atoms. The molecular weight excluding hydrogens is 348 g/mol. The van der Waals surface area contributed by atoms with Crippen LogP contribution in [0.15, 0.2) is 55.1 Å². The van der Waals surface area contributed by atoms with E-state index in [1.54, 1.807) is 42.7 Å². The van der Waals surface area contributed by atoms with Crippen molar-refractivity contribution in [2.24, 2.45) is 0 Å². The van der Waals surface area contributed by atoms with Crippen molar-refractivity contribution in [2.45, 2.75) is 19.9 Å². The lowest BCUT2D eigenvalue weighted by atomic mass is 10.1. The molecule has 136 valence electrons. The van der Waals surface area contributed by atoms with Gasteiger partial charge < -0.3 is 13.9 Å². The van der Waals surface area contributed by atoms with E-state index in [9.17, 15) is 9.59 Å². The van der Waals surface area contributed by atoms with Crippen LogP contribution in [0.4, 0.5) is 0 Å². The van der Waals surface area contributed by atoms with Crippen molar-refractivity contribution in [3.63, 3.8) is 0 Å². The van der Waals surface area contributed by atoms with Crippen molar-refractivity contribution in [2.75, 3.05) is 0 Å². The maximum absolute atomic E-state index is 12.1. The summed E-state index contributed by atoms with van der Waals surface area (Å²) in [6.07, 6.45) is 4.94. The van der Waals surface area contributed by atoms with Gasteiger partial charge in [0.1, 0.15) is 5.76 Å². The first kappa shape index (κ1) is 16.8. The van der Waals surface area contributed by atoms with Crippen LogP contribution in [-0.4, -0.2) is 19.7 Å². The van der Waals surface area contributed by atoms with E-state index >= 15 is 0 Å². The van der Waals surface area contributed by atoms with Gasteiger partial charge in [-0.15, -0.1) is 0 Å². The van der Waals surface area contributed by atoms with Crippen molar-refractivity contribution in [1.29, 1.82) is 0 Å². The molecule has 8 nitrogen and oxygen atoms in total. The molecule has 4 rings (SSSR count). The zero-order valence-corrected chi connectivity index (χ0v) is 14.7. The quantitative estimate of drug-likeness (QED) is 0.558. The van der Waals surface area contributed by atoms with Crippen LogP contribution < -0.4 is 11.1 Å². The van der Waals surface area contributed by atoms with E-state index in [0.717, 1.165) is 0 Å². The van der Waals surface area contributed by atoms with Crippen molar-refractivity contribution in [1.82, 2.24) is 19.7 Å². The largest absolute Gasteiger partial charge is 0.465 e. The van der Waals surface area contributed by atoms with Gasteiger partial charge in [0.2, 0.25) is 5.82 Å². The highest BCUT2D eigenvalue weighted by Crippen LogP contribution is 2.22. The summed E-state index contributed by atoms with van der Waals surface area (Å²) in [5, 5.41) is 3.96. The third kappa shape index (κ3) is 3.12. The van der Waals surface area contributed by atoms with Gasteiger partial charge in [-0.25, -0.2) is 0 Å². The van der Waals surface area contributed by atoms with E-state index < -0.39 is 11.1 Å². The predicted octanol–water partition coefficient (Wildman–Crippen LogP) is 3.08. The lowest BCUT2D eigenvalue weighted by Crippen LogP contribution is -2.37. The normalized spacial score (nSPS) is 11.8. The minimum atomic E-state index is -0.663. The van der Waals surface area contributed by atoms with Crippen molar-refractivity contribution < 1.29 is 8.94 Å². The predicted molar refractivity (Wildman–Crippen MR) is 100 cm³/mol. The molecule has 0 amide bonds. The van der Waals surface area contributed by atoms with Crippen LogP contribution in [0, 0.1) is 0 Å². The highest BCUT2D eigenvalue weighted by molar-refractivity contribution is 5.80. The topological polar surface area (TPSA) is 107 Å². The van der Waals surface area contributed by atoms with Gasteiger partial charge in [-0.3, -0.25) is 14.2 Å². The molecule has 8 heteroatoms. The Morgan fingerprint density at radius 3 is 2.78 bits per heavy atom. The number of furan rings is 1. The number of nitrogens with zero attached hydrogens (tertiary/aromatic N) is 3. The average molecular weight is 364 g/mol. The SMILES string of the molecule is CC(C)n1c(=O)c(=O)[nH]c2cc(-c3noc(C=Cc4ccco4)n3)ccc21. The fourth-order valence-electron chi connectivity index (χ4n) is 2.85. The molecule has 0 fully saturated rings. The Labute approximate surface area is 152 Å². The van der Waals surface area contributed by atoms with Crippen LogP contribution in [0.2, 0.25) is 0 Å². The van der Waals surface area contributed by atoms with E-state index in [1.807, 2.05) is 19.9 Å². The van der Waals surface area contributed by atoms with Crippen LogP contribution in [0.5, 0.6) is 0 Å². The number of aromatic nitrogens is 4. The molecule has 0 aliphatic rings. The molecule has 0 radical (unpaired) electrons. The van der Waals surface area contributed by atoms with E-state index in [4.69, 9.17) is 8.94 Å². The third-order valence-corrected chi connectivity index (χ3v) is 4.07. The Morgan fingerprint density at radius 1 is 1.19 bits per heavy atom.